The van der Waals surface area contributed by atoms with Crippen LogP contribution < -0.4 is 16.4 Å². The second kappa shape index (κ2) is 7.96. The number of hydrogen-bond acceptors (Lipinski definition) is 4. The molecule has 1 aromatic rings. The third-order valence-electron chi connectivity index (χ3n) is 5.24. The van der Waals surface area contributed by atoms with Crippen molar-refractivity contribution < 1.29 is 19.5 Å². The number of aliphatic carboxylic acids is 1. The van der Waals surface area contributed by atoms with Crippen LogP contribution in [0.15, 0.2) is 18.2 Å². The lowest BCUT2D eigenvalue weighted by molar-refractivity contribution is -0.139. The standard InChI is InChI=1S/C19H26N4O4/c1-11-6-13(4-5-16(11)18(20)26)21-19(27)22-14-7-15(8-14)23(10-17(24)25)9-12-2-3-12/h4-6,12,14-15H,2-3,7-10H2,1H3,(H2,20,26)(H,24,25)(H2,21,22,27). The van der Waals surface area contributed by atoms with Crippen molar-refractivity contribution >= 4 is 23.6 Å². The first-order valence-corrected chi connectivity index (χ1v) is 9.25. The molecule has 8 heteroatoms. The maximum Gasteiger partial charge on any atom is 0.319 e. The number of carbonyl (C=O) groups is 3. The molecular formula is C19H26N4O4. The highest BCUT2D eigenvalue weighted by Gasteiger charge is 2.37. The van der Waals surface area contributed by atoms with Crippen LogP contribution in [0.1, 0.15) is 41.6 Å². The predicted octanol–water partition coefficient (Wildman–Crippen LogP) is 1.54. The number of rotatable bonds is 8. The zero-order valence-corrected chi connectivity index (χ0v) is 15.4. The molecule has 2 aliphatic carbocycles. The molecule has 0 bridgehead atoms. The third kappa shape index (κ3) is 5.19. The summed E-state index contributed by atoms with van der Waals surface area (Å²) in [5.41, 5.74) is 7.00. The largest absolute Gasteiger partial charge is 0.480 e. The second-order valence-corrected chi connectivity index (χ2v) is 7.58. The fourth-order valence-corrected chi connectivity index (χ4v) is 3.52. The summed E-state index contributed by atoms with van der Waals surface area (Å²) in [6.07, 6.45) is 3.88. The molecule has 0 aliphatic heterocycles. The molecule has 3 amide bonds. The van der Waals surface area contributed by atoms with E-state index < -0.39 is 11.9 Å². The maximum atomic E-state index is 12.2. The van der Waals surface area contributed by atoms with Crippen LogP contribution in [0.25, 0.3) is 0 Å². The Bertz CT molecular complexity index is 741. The number of aryl methyl sites for hydroxylation is 1. The number of carboxylic acid groups (broad SMARTS) is 1. The van der Waals surface area contributed by atoms with Gasteiger partial charge < -0.3 is 21.5 Å². The number of amides is 3. The first kappa shape index (κ1) is 19.2. The predicted molar refractivity (Wildman–Crippen MR) is 101 cm³/mol. The minimum absolute atomic E-state index is 0.0384. The van der Waals surface area contributed by atoms with E-state index in [1.165, 1.54) is 12.8 Å². The van der Waals surface area contributed by atoms with Crippen molar-refractivity contribution in [3.05, 3.63) is 29.3 Å². The van der Waals surface area contributed by atoms with Crippen molar-refractivity contribution in [1.29, 1.82) is 0 Å². The molecule has 2 fully saturated rings. The molecule has 2 aliphatic rings. The SMILES string of the molecule is Cc1cc(NC(=O)NC2CC(N(CC(=O)O)CC3CC3)C2)ccc1C(N)=O. The number of nitrogens with one attached hydrogen (secondary N) is 2. The molecule has 0 unspecified atom stereocenters. The Hall–Kier alpha value is -2.61. The molecule has 0 spiro atoms. The van der Waals surface area contributed by atoms with Gasteiger partial charge in [0.25, 0.3) is 0 Å². The fraction of sp³-hybridized carbons (Fsp3) is 0.526. The summed E-state index contributed by atoms with van der Waals surface area (Å²) < 4.78 is 0. The maximum absolute atomic E-state index is 12.2. The van der Waals surface area contributed by atoms with E-state index in [-0.39, 0.29) is 24.7 Å². The highest BCUT2D eigenvalue weighted by Crippen LogP contribution is 2.33. The highest BCUT2D eigenvalue weighted by molar-refractivity contribution is 5.96. The Balaban J connectivity index is 1.46. The normalized spacial score (nSPS) is 21.4. The molecule has 0 heterocycles. The number of urea groups is 1. The molecule has 1 aromatic carbocycles. The number of benzene rings is 1. The zero-order chi connectivity index (χ0) is 19.6. The summed E-state index contributed by atoms with van der Waals surface area (Å²) in [6.45, 7) is 2.66. The summed E-state index contributed by atoms with van der Waals surface area (Å²) in [5, 5.41) is 14.8. The van der Waals surface area contributed by atoms with Crippen LogP contribution in [0, 0.1) is 12.8 Å². The lowest BCUT2D eigenvalue weighted by Gasteiger charge is -2.42. The Morgan fingerprint density at radius 1 is 1.26 bits per heavy atom. The first-order valence-electron chi connectivity index (χ1n) is 9.25. The summed E-state index contributed by atoms with van der Waals surface area (Å²) in [5.74, 6) is -0.674. The fourth-order valence-electron chi connectivity index (χ4n) is 3.52. The van der Waals surface area contributed by atoms with Gasteiger partial charge in [-0.15, -0.1) is 0 Å². The van der Waals surface area contributed by atoms with Gasteiger partial charge in [0.05, 0.1) is 6.54 Å². The smallest absolute Gasteiger partial charge is 0.319 e. The molecule has 8 nitrogen and oxygen atoms in total. The van der Waals surface area contributed by atoms with Crippen LogP contribution in [-0.2, 0) is 4.79 Å². The van der Waals surface area contributed by atoms with Crippen LogP contribution in [0.2, 0.25) is 0 Å². The number of carbonyl (C=O) groups excluding carboxylic acids is 2. The van der Waals surface area contributed by atoms with Crippen molar-refractivity contribution in [1.82, 2.24) is 10.2 Å². The quantitative estimate of drug-likeness (QED) is 0.549. The number of nitrogens with two attached hydrogens (primary N) is 1. The van der Waals surface area contributed by atoms with Gasteiger partial charge in [-0.1, -0.05) is 0 Å². The van der Waals surface area contributed by atoms with Gasteiger partial charge in [0, 0.05) is 29.9 Å². The van der Waals surface area contributed by atoms with Crippen LogP contribution in [0.5, 0.6) is 0 Å². The van der Waals surface area contributed by atoms with Gasteiger partial charge in [-0.05, 0) is 62.3 Å². The topological polar surface area (TPSA) is 125 Å². The molecule has 27 heavy (non-hydrogen) atoms. The lowest BCUT2D eigenvalue weighted by Crippen LogP contribution is -2.55. The van der Waals surface area contributed by atoms with Gasteiger partial charge in [0.15, 0.2) is 0 Å². The Labute approximate surface area is 158 Å². The Kier molecular flexibility index (Phi) is 5.65. The Morgan fingerprint density at radius 2 is 1.96 bits per heavy atom. The number of anilines is 1. The summed E-state index contributed by atoms with van der Waals surface area (Å²) in [4.78, 5) is 36.5. The molecule has 0 atom stereocenters. The minimum Gasteiger partial charge on any atom is -0.480 e. The number of nitrogens with zero attached hydrogens (tertiary/aromatic N) is 1. The van der Waals surface area contributed by atoms with Gasteiger partial charge >= 0.3 is 12.0 Å². The van der Waals surface area contributed by atoms with E-state index in [1.54, 1.807) is 25.1 Å². The molecule has 146 valence electrons. The van der Waals surface area contributed by atoms with Crippen molar-refractivity contribution in [3.63, 3.8) is 0 Å². The van der Waals surface area contributed by atoms with E-state index in [4.69, 9.17) is 10.8 Å². The van der Waals surface area contributed by atoms with Gasteiger partial charge in [-0.2, -0.15) is 0 Å². The minimum atomic E-state index is -0.806. The molecule has 0 radical (unpaired) electrons. The van der Waals surface area contributed by atoms with Gasteiger partial charge in [-0.25, -0.2) is 4.79 Å². The van der Waals surface area contributed by atoms with E-state index >= 15 is 0 Å². The van der Waals surface area contributed by atoms with E-state index in [0.717, 1.165) is 19.4 Å². The van der Waals surface area contributed by atoms with Crippen LogP contribution in [0.3, 0.4) is 0 Å². The number of hydrogen-bond donors (Lipinski definition) is 4. The zero-order valence-electron chi connectivity index (χ0n) is 15.4. The molecule has 2 saturated carbocycles. The summed E-state index contributed by atoms with van der Waals surface area (Å²) in [6, 6.07) is 4.87. The second-order valence-electron chi connectivity index (χ2n) is 7.58. The van der Waals surface area contributed by atoms with Gasteiger partial charge in [0.2, 0.25) is 5.91 Å². The van der Waals surface area contributed by atoms with Crippen LogP contribution >= 0.6 is 0 Å². The Morgan fingerprint density at radius 3 is 2.52 bits per heavy atom. The average Bonchev–Trinajstić information content (AvgIpc) is 3.33. The monoisotopic (exact) mass is 374 g/mol. The van der Waals surface area contributed by atoms with E-state index in [1.807, 2.05) is 4.90 Å². The van der Waals surface area contributed by atoms with Crippen LogP contribution in [-0.4, -0.2) is 53.1 Å². The highest BCUT2D eigenvalue weighted by atomic mass is 16.4. The first-order chi connectivity index (χ1) is 12.8. The van der Waals surface area contributed by atoms with E-state index in [9.17, 15) is 14.4 Å². The average molecular weight is 374 g/mol. The van der Waals surface area contributed by atoms with Crippen LogP contribution in [0.4, 0.5) is 10.5 Å². The lowest BCUT2D eigenvalue weighted by atomic mass is 9.85. The van der Waals surface area contributed by atoms with Crippen molar-refractivity contribution in [2.45, 2.75) is 44.7 Å². The molecule has 5 N–H and O–H groups in total. The third-order valence-corrected chi connectivity index (χ3v) is 5.24. The van der Waals surface area contributed by atoms with E-state index in [0.29, 0.717) is 22.7 Å². The molecule has 0 aromatic heterocycles. The molecule has 3 rings (SSSR count). The molecule has 0 saturated heterocycles. The van der Waals surface area contributed by atoms with Gasteiger partial charge in [0.1, 0.15) is 0 Å². The summed E-state index contributed by atoms with van der Waals surface area (Å²) in [7, 11) is 0. The number of primary amides is 1. The summed E-state index contributed by atoms with van der Waals surface area (Å²) >= 11 is 0. The molecular weight excluding hydrogens is 348 g/mol. The van der Waals surface area contributed by atoms with Crippen molar-refractivity contribution in [2.75, 3.05) is 18.4 Å². The van der Waals surface area contributed by atoms with Crippen molar-refractivity contribution in [2.24, 2.45) is 11.7 Å². The van der Waals surface area contributed by atoms with E-state index in [2.05, 4.69) is 10.6 Å². The number of carboxylic acids is 1. The van der Waals surface area contributed by atoms with Crippen molar-refractivity contribution in [3.8, 4) is 0 Å². The van der Waals surface area contributed by atoms with Gasteiger partial charge in [-0.3, -0.25) is 14.5 Å².